The molecule has 0 bridgehead atoms. The van der Waals surface area contributed by atoms with E-state index in [2.05, 4.69) is 22.0 Å². The van der Waals surface area contributed by atoms with E-state index in [-0.39, 0.29) is 0 Å². The van der Waals surface area contributed by atoms with Gasteiger partial charge in [-0.25, -0.2) is 0 Å². The van der Waals surface area contributed by atoms with Gasteiger partial charge in [0, 0.05) is 38.8 Å². The molecule has 3 nitrogen and oxygen atoms in total. The van der Waals surface area contributed by atoms with Crippen molar-refractivity contribution in [3.63, 3.8) is 0 Å². The van der Waals surface area contributed by atoms with E-state index in [4.69, 9.17) is 0 Å². The lowest BCUT2D eigenvalue weighted by molar-refractivity contribution is 0.0501. The van der Waals surface area contributed by atoms with Crippen LogP contribution in [0.4, 0.5) is 0 Å². The van der Waals surface area contributed by atoms with Gasteiger partial charge in [0.2, 0.25) is 0 Å². The van der Waals surface area contributed by atoms with Crippen molar-refractivity contribution in [2.75, 3.05) is 45.8 Å². The molecule has 88 valence electrons. The zero-order valence-electron chi connectivity index (χ0n) is 10.0. The molecule has 1 unspecified atom stereocenters. The first-order valence-electron chi connectivity index (χ1n) is 6.57. The number of nitrogens with one attached hydrogen (secondary N) is 1. The van der Waals surface area contributed by atoms with Crippen LogP contribution in [0.5, 0.6) is 0 Å². The fourth-order valence-electron chi connectivity index (χ4n) is 2.84. The summed E-state index contributed by atoms with van der Waals surface area (Å²) in [5.41, 5.74) is 0. The van der Waals surface area contributed by atoms with Gasteiger partial charge in [0.25, 0.3) is 0 Å². The van der Waals surface area contributed by atoms with E-state index in [0.717, 1.165) is 19.1 Å². The number of rotatable bonds is 4. The van der Waals surface area contributed by atoms with Gasteiger partial charge in [-0.05, 0) is 25.9 Å². The van der Waals surface area contributed by atoms with Crippen LogP contribution in [0, 0.1) is 0 Å². The van der Waals surface area contributed by atoms with Crippen LogP contribution in [0.1, 0.15) is 26.2 Å². The average molecular weight is 211 g/mol. The molecule has 0 aromatic carbocycles. The second-order valence-corrected chi connectivity index (χ2v) is 4.84. The van der Waals surface area contributed by atoms with Gasteiger partial charge in [0.05, 0.1) is 0 Å². The molecule has 2 rings (SSSR count). The van der Waals surface area contributed by atoms with Crippen LogP contribution in [0.25, 0.3) is 0 Å². The number of piperazine rings is 1. The molecule has 0 spiro atoms. The normalized spacial score (nSPS) is 29.0. The highest BCUT2D eigenvalue weighted by molar-refractivity contribution is 4.85. The summed E-state index contributed by atoms with van der Waals surface area (Å²) in [7, 11) is 0. The lowest BCUT2D eigenvalue weighted by Crippen LogP contribution is -2.55. The Bertz CT molecular complexity index is 182. The molecule has 15 heavy (non-hydrogen) atoms. The third-order valence-electron chi connectivity index (χ3n) is 3.78. The van der Waals surface area contributed by atoms with Crippen LogP contribution in [-0.4, -0.2) is 61.7 Å². The van der Waals surface area contributed by atoms with Crippen LogP contribution in [0.3, 0.4) is 0 Å². The molecule has 1 N–H and O–H groups in total. The van der Waals surface area contributed by atoms with Crippen LogP contribution in [0.2, 0.25) is 0 Å². The second-order valence-electron chi connectivity index (χ2n) is 4.84. The third kappa shape index (κ3) is 3.16. The molecule has 0 amide bonds. The number of piperidine rings is 1. The number of nitrogens with zero attached hydrogens (tertiary/aromatic N) is 2. The first kappa shape index (κ1) is 11.4. The zero-order valence-corrected chi connectivity index (χ0v) is 10.0. The van der Waals surface area contributed by atoms with E-state index >= 15 is 0 Å². The lowest BCUT2D eigenvalue weighted by Gasteiger charge is -2.44. The molecule has 0 radical (unpaired) electrons. The third-order valence-corrected chi connectivity index (χ3v) is 3.78. The van der Waals surface area contributed by atoms with Crippen molar-refractivity contribution < 1.29 is 0 Å². The van der Waals surface area contributed by atoms with Crippen molar-refractivity contribution in [3.8, 4) is 0 Å². The summed E-state index contributed by atoms with van der Waals surface area (Å²) in [6, 6.07) is 0.870. The highest BCUT2D eigenvalue weighted by atomic mass is 15.3. The van der Waals surface area contributed by atoms with Crippen molar-refractivity contribution in [2.24, 2.45) is 0 Å². The van der Waals surface area contributed by atoms with E-state index in [9.17, 15) is 0 Å². The molecule has 0 aromatic heterocycles. The smallest absolute Gasteiger partial charge is 0.0223 e. The van der Waals surface area contributed by atoms with Crippen molar-refractivity contribution in [2.45, 2.75) is 32.2 Å². The van der Waals surface area contributed by atoms with Crippen LogP contribution >= 0.6 is 0 Å². The van der Waals surface area contributed by atoms with Crippen molar-refractivity contribution >= 4 is 0 Å². The maximum Gasteiger partial charge on any atom is 0.0223 e. The van der Waals surface area contributed by atoms with Gasteiger partial charge in [-0.15, -0.1) is 0 Å². The monoisotopic (exact) mass is 211 g/mol. The summed E-state index contributed by atoms with van der Waals surface area (Å²) >= 11 is 0. The van der Waals surface area contributed by atoms with Gasteiger partial charge in [0.1, 0.15) is 0 Å². The summed E-state index contributed by atoms with van der Waals surface area (Å²) in [6.45, 7) is 10.9. The molecule has 3 heteroatoms. The molecular weight excluding hydrogens is 186 g/mol. The van der Waals surface area contributed by atoms with E-state index in [1.54, 1.807) is 0 Å². The minimum atomic E-state index is 0.870. The first-order chi connectivity index (χ1) is 7.40. The van der Waals surface area contributed by atoms with Gasteiger partial charge in [0.15, 0.2) is 0 Å². The van der Waals surface area contributed by atoms with Crippen molar-refractivity contribution in [3.05, 3.63) is 0 Å². The summed E-state index contributed by atoms with van der Waals surface area (Å²) in [6.07, 6.45) is 4.30. The second kappa shape index (κ2) is 5.83. The van der Waals surface area contributed by atoms with Crippen molar-refractivity contribution in [1.82, 2.24) is 15.1 Å². The summed E-state index contributed by atoms with van der Waals surface area (Å²) in [5.74, 6) is 0. The standard InChI is InChI=1S/C12H25N3/c1-2-13-6-8-14-9-10-15-7-4-3-5-12(15)11-14/h12-13H,2-11H2,1H3. The fraction of sp³-hybridized carbons (Fsp3) is 1.00. The summed E-state index contributed by atoms with van der Waals surface area (Å²) in [4.78, 5) is 5.34. The Morgan fingerprint density at radius 2 is 2.13 bits per heavy atom. The molecule has 1 atom stereocenters. The predicted molar refractivity (Wildman–Crippen MR) is 64.2 cm³/mol. The first-order valence-corrected chi connectivity index (χ1v) is 6.57. The molecule has 2 aliphatic heterocycles. The van der Waals surface area contributed by atoms with E-state index in [0.29, 0.717) is 0 Å². The maximum atomic E-state index is 3.41. The zero-order chi connectivity index (χ0) is 10.5. The molecule has 0 saturated carbocycles. The molecule has 2 fully saturated rings. The fourth-order valence-corrected chi connectivity index (χ4v) is 2.84. The van der Waals surface area contributed by atoms with E-state index < -0.39 is 0 Å². The number of hydrogen-bond donors (Lipinski definition) is 1. The highest BCUT2D eigenvalue weighted by Gasteiger charge is 2.28. The minimum Gasteiger partial charge on any atom is -0.316 e. The maximum absolute atomic E-state index is 3.41. The highest BCUT2D eigenvalue weighted by Crippen LogP contribution is 2.20. The minimum absolute atomic E-state index is 0.870. The predicted octanol–water partition coefficient (Wildman–Crippen LogP) is 0.766. The average Bonchev–Trinajstić information content (AvgIpc) is 2.29. The van der Waals surface area contributed by atoms with Crippen molar-refractivity contribution in [1.29, 1.82) is 0 Å². The molecule has 2 aliphatic rings. The summed E-state index contributed by atoms with van der Waals surface area (Å²) in [5, 5.41) is 3.41. The molecule has 2 saturated heterocycles. The van der Waals surface area contributed by atoms with E-state index in [1.807, 2.05) is 0 Å². The SMILES string of the molecule is CCNCCN1CCN2CCCCC2C1. The van der Waals surface area contributed by atoms with Gasteiger partial charge in [-0.2, -0.15) is 0 Å². The Morgan fingerprint density at radius 3 is 3.00 bits per heavy atom. The topological polar surface area (TPSA) is 18.5 Å². The Morgan fingerprint density at radius 1 is 1.20 bits per heavy atom. The van der Waals surface area contributed by atoms with Crippen LogP contribution in [0.15, 0.2) is 0 Å². The number of hydrogen-bond acceptors (Lipinski definition) is 3. The van der Waals surface area contributed by atoms with Gasteiger partial charge < -0.3 is 5.32 Å². The Hall–Kier alpha value is -0.120. The molecule has 0 aliphatic carbocycles. The number of likely N-dealkylation sites (N-methyl/N-ethyl adjacent to an activating group) is 1. The Kier molecular flexibility index (Phi) is 4.42. The molecule has 2 heterocycles. The number of fused-ring (bicyclic) bond motifs is 1. The largest absolute Gasteiger partial charge is 0.316 e. The Balaban J connectivity index is 1.71. The van der Waals surface area contributed by atoms with Gasteiger partial charge >= 0.3 is 0 Å². The van der Waals surface area contributed by atoms with Crippen LogP contribution < -0.4 is 5.32 Å². The lowest BCUT2D eigenvalue weighted by atomic mass is 9.99. The van der Waals surface area contributed by atoms with Crippen LogP contribution in [-0.2, 0) is 0 Å². The van der Waals surface area contributed by atoms with E-state index in [1.165, 1.54) is 52.0 Å². The molecule has 0 aromatic rings. The Labute approximate surface area is 93.8 Å². The van der Waals surface area contributed by atoms with Gasteiger partial charge in [-0.1, -0.05) is 13.3 Å². The quantitative estimate of drug-likeness (QED) is 0.693. The van der Waals surface area contributed by atoms with Gasteiger partial charge in [-0.3, -0.25) is 9.80 Å². The summed E-state index contributed by atoms with van der Waals surface area (Å²) < 4.78 is 0. The molecular formula is C12H25N3.